The number of amides is 1. The maximum atomic E-state index is 12.9. The molecule has 0 saturated carbocycles. The van der Waals surface area contributed by atoms with Gasteiger partial charge in [-0.25, -0.2) is 4.98 Å². The van der Waals surface area contributed by atoms with Crippen molar-refractivity contribution in [2.75, 3.05) is 63.1 Å². The normalized spacial score (nSPS) is 18.4. The van der Waals surface area contributed by atoms with E-state index in [2.05, 4.69) is 44.2 Å². The van der Waals surface area contributed by atoms with Crippen LogP contribution in [0.15, 0.2) is 42.6 Å². The zero-order valence-electron chi connectivity index (χ0n) is 18.0. The molecule has 0 spiro atoms. The smallest absolute Gasteiger partial charge is 0.259 e. The summed E-state index contributed by atoms with van der Waals surface area (Å²) in [5.74, 6) is 0.715. The number of hydrogen-bond acceptors (Lipinski definition) is 5. The van der Waals surface area contributed by atoms with Crippen LogP contribution < -0.4 is 10.2 Å². The van der Waals surface area contributed by atoms with Crippen LogP contribution >= 0.6 is 0 Å². The number of anilines is 2. The molecule has 0 radical (unpaired) electrons. The van der Waals surface area contributed by atoms with Crippen LogP contribution in [0.3, 0.4) is 0 Å². The maximum absolute atomic E-state index is 12.9. The minimum absolute atomic E-state index is 0.0890. The highest BCUT2D eigenvalue weighted by molar-refractivity contribution is 6.07. The highest BCUT2D eigenvalue weighted by Gasteiger charge is 2.19. The van der Waals surface area contributed by atoms with Crippen molar-refractivity contribution in [2.45, 2.75) is 25.7 Å². The number of piperazine rings is 1. The predicted octanol–water partition coefficient (Wildman–Crippen LogP) is 3.11. The monoisotopic (exact) mass is 407 g/mol. The Labute approximate surface area is 179 Å². The van der Waals surface area contributed by atoms with E-state index in [4.69, 9.17) is 0 Å². The second kappa shape index (κ2) is 10.0. The quantitative estimate of drug-likeness (QED) is 0.797. The molecule has 6 heteroatoms. The van der Waals surface area contributed by atoms with Gasteiger partial charge in [0.05, 0.1) is 5.56 Å². The average molecular weight is 408 g/mol. The summed E-state index contributed by atoms with van der Waals surface area (Å²) in [6.07, 6.45) is 6.39. The van der Waals surface area contributed by atoms with Gasteiger partial charge in [-0.2, -0.15) is 0 Å². The first kappa shape index (κ1) is 20.8. The van der Waals surface area contributed by atoms with Crippen molar-refractivity contribution in [1.29, 1.82) is 0 Å². The molecule has 6 nitrogen and oxygen atoms in total. The fourth-order valence-electron chi connectivity index (χ4n) is 4.24. The van der Waals surface area contributed by atoms with Crippen LogP contribution in [-0.2, 0) is 6.42 Å². The molecule has 1 aromatic heterocycles. The standard InChI is InChI=1S/C24H33N5O/c1-27-16-18-28(19-17-27)15-11-20-7-9-21(10-8-20)26-24(30)22-6-5-12-25-23(22)29-13-3-2-4-14-29/h5-10,12H,2-4,11,13-19H2,1H3,(H,26,30). The number of rotatable bonds is 6. The number of aromatic nitrogens is 1. The number of nitrogens with zero attached hydrogens (tertiary/aromatic N) is 4. The van der Waals surface area contributed by atoms with Gasteiger partial charge in [-0.1, -0.05) is 12.1 Å². The van der Waals surface area contributed by atoms with Crippen molar-refractivity contribution in [3.05, 3.63) is 53.7 Å². The first-order valence-corrected chi connectivity index (χ1v) is 11.2. The van der Waals surface area contributed by atoms with Gasteiger partial charge < -0.3 is 20.0 Å². The first-order chi connectivity index (χ1) is 14.7. The molecular formula is C24H33N5O. The van der Waals surface area contributed by atoms with E-state index in [1.807, 2.05) is 24.3 Å². The lowest BCUT2D eigenvalue weighted by Gasteiger charge is -2.32. The summed E-state index contributed by atoms with van der Waals surface area (Å²) in [6.45, 7) is 7.63. The molecule has 2 aromatic rings. The molecule has 0 bridgehead atoms. The van der Waals surface area contributed by atoms with Crippen molar-refractivity contribution in [3.8, 4) is 0 Å². The van der Waals surface area contributed by atoms with Gasteiger partial charge in [0.2, 0.25) is 0 Å². The number of carbonyl (C=O) groups is 1. The molecular weight excluding hydrogens is 374 g/mol. The molecule has 4 rings (SSSR count). The lowest BCUT2D eigenvalue weighted by molar-refractivity contribution is 0.102. The van der Waals surface area contributed by atoms with Gasteiger partial charge in [-0.15, -0.1) is 0 Å². The molecule has 0 unspecified atom stereocenters. The number of benzene rings is 1. The highest BCUT2D eigenvalue weighted by atomic mass is 16.1. The highest BCUT2D eigenvalue weighted by Crippen LogP contribution is 2.23. The van der Waals surface area contributed by atoms with Crippen molar-refractivity contribution in [3.63, 3.8) is 0 Å². The Morgan fingerprint density at radius 2 is 1.70 bits per heavy atom. The van der Waals surface area contributed by atoms with Crippen molar-refractivity contribution < 1.29 is 4.79 Å². The summed E-state index contributed by atoms with van der Waals surface area (Å²) < 4.78 is 0. The molecule has 30 heavy (non-hydrogen) atoms. The number of pyridine rings is 1. The lowest BCUT2D eigenvalue weighted by Crippen LogP contribution is -2.45. The molecule has 2 saturated heterocycles. The molecule has 160 valence electrons. The summed E-state index contributed by atoms with van der Waals surface area (Å²) >= 11 is 0. The van der Waals surface area contributed by atoms with Gasteiger partial charge in [0.25, 0.3) is 5.91 Å². The molecule has 1 amide bonds. The molecule has 2 fully saturated rings. The van der Waals surface area contributed by atoms with Gasteiger partial charge in [-0.05, 0) is 62.6 Å². The molecule has 2 aliphatic rings. The Morgan fingerprint density at radius 3 is 2.43 bits per heavy atom. The summed E-state index contributed by atoms with van der Waals surface area (Å²) in [7, 11) is 2.19. The zero-order chi connectivity index (χ0) is 20.8. The van der Waals surface area contributed by atoms with E-state index in [1.54, 1.807) is 6.20 Å². The summed E-state index contributed by atoms with van der Waals surface area (Å²) in [5, 5.41) is 3.05. The minimum Gasteiger partial charge on any atom is -0.356 e. The third-order valence-electron chi connectivity index (χ3n) is 6.21. The summed E-state index contributed by atoms with van der Waals surface area (Å²) in [6, 6.07) is 12.0. The predicted molar refractivity (Wildman–Crippen MR) is 122 cm³/mol. The molecule has 0 atom stereocenters. The largest absolute Gasteiger partial charge is 0.356 e. The van der Waals surface area contributed by atoms with Crippen LogP contribution in [0.25, 0.3) is 0 Å². The number of piperidine rings is 1. The summed E-state index contributed by atoms with van der Waals surface area (Å²) in [4.78, 5) is 24.6. The number of hydrogen-bond donors (Lipinski definition) is 1. The number of nitrogens with one attached hydrogen (secondary N) is 1. The van der Waals surface area contributed by atoms with E-state index in [9.17, 15) is 4.79 Å². The van der Waals surface area contributed by atoms with Crippen LogP contribution in [0, 0.1) is 0 Å². The molecule has 1 aromatic carbocycles. The molecule has 0 aliphatic carbocycles. The van der Waals surface area contributed by atoms with Gasteiger partial charge in [0, 0.05) is 57.7 Å². The Balaban J connectivity index is 1.34. The fraction of sp³-hybridized carbons (Fsp3) is 0.500. The average Bonchev–Trinajstić information content (AvgIpc) is 2.80. The third-order valence-corrected chi connectivity index (χ3v) is 6.21. The minimum atomic E-state index is -0.0890. The molecule has 3 heterocycles. The SMILES string of the molecule is CN1CCN(CCc2ccc(NC(=O)c3cccnc3N3CCCCC3)cc2)CC1. The van der Waals surface area contributed by atoms with Gasteiger partial charge in [-0.3, -0.25) is 4.79 Å². The van der Waals surface area contributed by atoms with E-state index in [-0.39, 0.29) is 5.91 Å². The van der Waals surface area contributed by atoms with Crippen LogP contribution in [0.4, 0.5) is 11.5 Å². The van der Waals surface area contributed by atoms with E-state index >= 15 is 0 Å². The Hall–Kier alpha value is -2.44. The van der Waals surface area contributed by atoms with E-state index in [1.165, 1.54) is 12.0 Å². The van der Waals surface area contributed by atoms with Crippen LogP contribution in [-0.4, -0.2) is 73.6 Å². The van der Waals surface area contributed by atoms with E-state index < -0.39 is 0 Å². The molecule has 2 aliphatic heterocycles. The maximum Gasteiger partial charge on any atom is 0.259 e. The van der Waals surface area contributed by atoms with Crippen LogP contribution in [0.2, 0.25) is 0 Å². The number of likely N-dealkylation sites (N-methyl/N-ethyl adjacent to an activating group) is 1. The van der Waals surface area contributed by atoms with Crippen LogP contribution in [0.1, 0.15) is 35.2 Å². The zero-order valence-corrected chi connectivity index (χ0v) is 18.0. The van der Waals surface area contributed by atoms with Crippen molar-refractivity contribution >= 4 is 17.4 Å². The Morgan fingerprint density at radius 1 is 0.967 bits per heavy atom. The van der Waals surface area contributed by atoms with Crippen molar-refractivity contribution in [2.24, 2.45) is 0 Å². The Kier molecular flexibility index (Phi) is 6.97. The summed E-state index contributed by atoms with van der Waals surface area (Å²) in [5.41, 5.74) is 2.79. The number of carbonyl (C=O) groups excluding carboxylic acids is 1. The molecule has 1 N–H and O–H groups in total. The second-order valence-corrected chi connectivity index (χ2v) is 8.47. The Bertz CT molecular complexity index is 824. The first-order valence-electron chi connectivity index (χ1n) is 11.2. The van der Waals surface area contributed by atoms with E-state index in [0.29, 0.717) is 5.56 Å². The lowest BCUT2D eigenvalue weighted by atomic mass is 10.1. The third kappa shape index (κ3) is 5.37. The van der Waals surface area contributed by atoms with Gasteiger partial charge in [0.15, 0.2) is 0 Å². The van der Waals surface area contributed by atoms with E-state index in [0.717, 1.165) is 76.6 Å². The second-order valence-electron chi connectivity index (χ2n) is 8.47. The topological polar surface area (TPSA) is 51.7 Å². The van der Waals surface area contributed by atoms with Crippen molar-refractivity contribution in [1.82, 2.24) is 14.8 Å². The van der Waals surface area contributed by atoms with Crippen LogP contribution in [0.5, 0.6) is 0 Å². The van der Waals surface area contributed by atoms with Gasteiger partial charge >= 0.3 is 0 Å². The fourth-order valence-corrected chi connectivity index (χ4v) is 4.24. The van der Waals surface area contributed by atoms with Gasteiger partial charge in [0.1, 0.15) is 5.82 Å².